The Morgan fingerprint density at radius 1 is 1.43 bits per heavy atom. The summed E-state index contributed by atoms with van der Waals surface area (Å²) in [7, 11) is 0. The molecule has 0 bridgehead atoms. The predicted molar refractivity (Wildman–Crippen MR) is 61.0 cm³/mol. The van der Waals surface area contributed by atoms with Crippen LogP contribution in [0.2, 0.25) is 0 Å². The Hall–Kier alpha value is -1.24. The molecule has 0 unspecified atom stereocenters. The minimum Gasteiger partial charge on any atom is -0.489 e. The van der Waals surface area contributed by atoms with Gasteiger partial charge in [-0.25, -0.2) is 0 Å². The molecule has 1 rings (SSSR count). The second-order valence-electron chi connectivity index (χ2n) is 3.80. The van der Waals surface area contributed by atoms with E-state index < -0.39 is 0 Å². The molecule has 76 valence electrons. The molecule has 0 atom stereocenters. The molecule has 1 aromatic rings. The number of hydrogen-bond donors (Lipinski definition) is 0. The van der Waals surface area contributed by atoms with E-state index in [-0.39, 0.29) is 0 Å². The third-order valence-electron chi connectivity index (χ3n) is 2.15. The van der Waals surface area contributed by atoms with Crippen LogP contribution < -0.4 is 4.74 Å². The second kappa shape index (κ2) is 4.85. The van der Waals surface area contributed by atoms with Crippen molar-refractivity contribution in [3.63, 3.8) is 0 Å². The van der Waals surface area contributed by atoms with Crippen molar-refractivity contribution in [3.8, 4) is 5.75 Å². The standard InChI is InChI=1S/C13H18O/c1-5-8-14-13-9-11(4)6-7-12(13)10(2)3/h5-7,9-10H,1,8H2,2-4H3. The van der Waals surface area contributed by atoms with Gasteiger partial charge in [0.15, 0.2) is 0 Å². The quantitative estimate of drug-likeness (QED) is 0.658. The Kier molecular flexibility index (Phi) is 3.75. The third kappa shape index (κ3) is 2.63. The molecule has 0 aliphatic carbocycles. The predicted octanol–water partition coefficient (Wildman–Crippen LogP) is 3.68. The number of aryl methyl sites for hydroxylation is 1. The monoisotopic (exact) mass is 190 g/mol. The van der Waals surface area contributed by atoms with Crippen molar-refractivity contribution in [3.05, 3.63) is 42.0 Å². The normalized spacial score (nSPS) is 10.3. The van der Waals surface area contributed by atoms with Gasteiger partial charge in [-0.05, 0) is 30.0 Å². The molecule has 1 nitrogen and oxygen atoms in total. The summed E-state index contributed by atoms with van der Waals surface area (Å²) in [5.74, 6) is 1.48. The maximum Gasteiger partial charge on any atom is 0.123 e. The minimum absolute atomic E-state index is 0.496. The van der Waals surface area contributed by atoms with Gasteiger partial charge in [0.1, 0.15) is 12.4 Å². The van der Waals surface area contributed by atoms with Crippen LogP contribution in [0.5, 0.6) is 5.75 Å². The molecule has 0 aliphatic rings. The summed E-state index contributed by atoms with van der Waals surface area (Å²) in [6.45, 7) is 10.6. The van der Waals surface area contributed by atoms with Crippen molar-refractivity contribution < 1.29 is 4.74 Å². The van der Waals surface area contributed by atoms with Gasteiger partial charge in [0.2, 0.25) is 0 Å². The molecule has 0 saturated carbocycles. The van der Waals surface area contributed by atoms with Crippen LogP contribution in [0.4, 0.5) is 0 Å². The van der Waals surface area contributed by atoms with E-state index in [4.69, 9.17) is 4.74 Å². The van der Waals surface area contributed by atoms with Crippen molar-refractivity contribution >= 4 is 0 Å². The molecule has 0 heterocycles. The first kappa shape index (κ1) is 10.8. The maximum absolute atomic E-state index is 5.61. The molecule has 0 aromatic heterocycles. The van der Waals surface area contributed by atoms with Gasteiger partial charge in [-0.15, -0.1) is 0 Å². The van der Waals surface area contributed by atoms with Gasteiger partial charge in [0.05, 0.1) is 0 Å². The van der Waals surface area contributed by atoms with Crippen LogP contribution >= 0.6 is 0 Å². The summed E-state index contributed by atoms with van der Waals surface area (Å²) >= 11 is 0. The first-order valence-electron chi connectivity index (χ1n) is 4.99. The fourth-order valence-electron chi connectivity index (χ4n) is 1.39. The van der Waals surface area contributed by atoms with Crippen molar-refractivity contribution in [1.82, 2.24) is 0 Å². The van der Waals surface area contributed by atoms with Gasteiger partial charge in [-0.1, -0.05) is 38.6 Å². The zero-order valence-electron chi connectivity index (χ0n) is 9.21. The fraction of sp³-hybridized carbons (Fsp3) is 0.385. The lowest BCUT2D eigenvalue weighted by atomic mass is 10.0. The molecule has 1 heteroatoms. The zero-order valence-corrected chi connectivity index (χ0v) is 9.21. The highest BCUT2D eigenvalue weighted by atomic mass is 16.5. The number of hydrogen-bond acceptors (Lipinski definition) is 1. The van der Waals surface area contributed by atoms with Crippen molar-refractivity contribution in [2.75, 3.05) is 6.61 Å². The Morgan fingerprint density at radius 3 is 2.71 bits per heavy atom. The number of rotatable bonds is 4. The van der Waals surface area contributed by atoms with Crippen molar-refractivity contribution in [2.45, 2.75) is 26.7 Å². The first-order valence-corrected chi connectivity index (χ1v) is 4.99. The van der Waals surface area contributed by atoms with Crippen molar-refractivity contribution in [2.24, 2.45) is 0 Å². The highest BCUT2D eigenvalue weighted by Crippen LogP contribution is 2.27. The molecule has 0 spiro atoms. The van der Waals surface area contributed by atoms with Gasteiger partial charge in [-0.3, -0.25) is 0 Å². The Labute approximate surface area is 86.4 Å². The van der Waals surface area contributed by atoms with E-state index in [1.54, 1.807) is 6.08 Å². The molecule has 14 heavy (non-hydrogen) atoms. The summed E-state index contributed by atoms with van der Waals surface area (Å²) in [5.41, 5.74) is 2.49. The summed E-state index contributed by atoms with van der Waals surface area (Å²) in [6, 6.07) is 6.34. The largest absolute Gasteiger partial charge is 0.489 e. The molecule has 0 radical (unpaired) electrons. The van der Waals surface area contributed by atoms with E-state index >= 15 is 0 Å². The SMILES string of the molecule is C=CCOc1cc(C)ccc1C(C)C. The van der Waals surface area contributed by atoms with Crippen LogP contribution in [-0.2, 0) is 0 Å². The summed E-state index contributed by atoms with van der Waals surface area (Å²) < 4.78 is 5.61. The van der Waals surface area contributed by atoms with Gasteiger partial charge in [0, 0.05) is 0 Å². The molecule has 0 aliphatic heterocycles. The smallest absolute Gasteiger partial charge is 0.123 e. The Morgan fingerprint density at radius 2 is 2.14 bits per heavy atom. The Bertz CT molecular complexity index is 313. The van der Waals surface area contributed by atoms with Gasteiger partial charge >= 0.3 is 0 Å². The van der Waals surface area contributed by atoms with Crippen LogP contribution in [0, 0.1) is 6.92 Å². The van der Waals surface area contributed by atoms with E-state index in [9.17, 15) is 0 Å². The van der Waals surface area contributed by atoms with Gasteiger partial charge in [0.25, 0.3) is 0 Å². The van der Waals surface area contributed by atoms with E-state index in [1.165, 1.54) is 11.1 Å². The van der Waals surface area contributed by atoms with E-state index in [1.807, 2.05) is 0 Å². The summed E-state index contributed by atoms with van der Waals surface area (Å²) in [4.78, 5) is 0. The van der Waals surface area contributed by atoms with Crippen molar-refractivity contribution in [1.29, 1.82) is 0 Å². The highest BCUT2D eigenvalue weighted by Gasteiger charge is 2.06. The molecular formula is C13H18O. The number of benzene rings is 1. The maximum atomic E-state index is 5.61. The molecule has 0 fully saturated rings. The van der Waals surface area contributed by atoms with E-state index in [2.05, 4.69) is 45.5 Å². The molecule has 0 saturated heterocycles. The van der Waals surface area contributed by atoms with Gasteiger partial charge in [-0.2, -0.15) is 0 Å². The average Bonchev–Trinajstić information content (AvgIpc) is 2.14. The van der Waals surface area contributed by atoms with E-state index in [0.717, 1.165) is 5.75 Å². The topological polar surface area (TPSA) is 9.23 Å². The fourth-order valence-corrected chi connectivity index (χ4v) is 1.39. The van der Waals surface area contributed by atoms with Crippen LogP contribution in [0.3, 0.4) is 0 Å². The van der Waals surface area contributed by atoms with Gasteiger partial charge < -0.3 is 4.74 Å². The molecule has 1 aromatic carbocycles. The molecule has 0 amide bonds. The average molecular weight is 190 g/mol. The van der Waals surface area contributed by atoms with Crippen LogP contribution in [0.15, 0.2) is 30.9 Å². The minimum atomic E-state index is 0.496. The second-order valence-corrected chi connectivity index (χ2v) is 3.80. The third-order valence-corrected chi connectivity index (χ3v) is 2.15. The lowest BCUT2D eigenvalue weighted by Gasteiger charge is -2.13. The van der Waals surface area contributed by atoms with Crippen LogP contribution in [0.25, 0.3) is 0 Å². The summed E-state index contributed by atoms with van der Waals surface area (Å²) in [6.07, 6.45) is 1.77. The first-order chi connectivity index (χ1) is 6.65. The lowest BCUT2D eigenvalue weighted by Crippen LogP contribution is -1.99. The Balaban J connectivity index is 2.96. The van der Waals surface area contributed by atoms with Crippen LogP contribution in [-0.4, -0.2) is 6.61 Å². The number of ether oxygens (including phenoxy) is 1. The lowest BCUT2D eigenvalue weighted by molar-refractivity contribution is 0.357. The zero-order chi connectivity index (χ0) is 10.6. The molecular weight excluding hydrogens is 172 g/mol. The van der Waals surface area contributed by atoms with E-state index in [0.29, 0.717) is 12.5 Å². The highest BCUT2D eigenvalue weighted by molar-refractivity contribution is 5.39. The summed E-state index contributed by atoms with van der Waals surface area (Å²) in [5, 5.41) is 0. The molecule has 0 N–H and O–H groups in total. The van der Waals surface area contributed by atoms with Crippen LogP contribution in [0.1, 0.15) is 30.9 Å².